The topological polar surface area (TPSA) is 75.7 Å². The molecule has 1 N–H and O–H groups in total. The van der Waals surface area contributed by atoms with Gasteiger partial charge in [0.05, 0.1) is 16.4 Å². The van der Waals surface area contributed by atoms with Crippen LogP contribution in [-0.2, 0) is 20.8 Å². The maximum absolute atomic E-state index is 11.6. The van der Waals surface area contributed by atoms with E-state index in [-0.39, 0.29) is 12.3 Å². The molecule has 0 aromatic carbocycles. The molecule has 0 atom stereocenters. The predicted molar refractivity (Wildman–Crippen MR) is 60.8 cm³/mol. The number of nitrogens with one attached hydrogen (secondary N) is 1. The van der Waals surface area contributed by atoms with Crippen molar-refractivity contribution in [2.45, 2.75) is 13.3 Å². The van der Waals surface area contributed by atoms with Gasteiger partial charge in [-0.2, -0.15) is 5.48 Å². The number of hydroxylamine groups is 1. The van der Waals surface area contributed by atoms with Crippen LogP contribution in [0.1, 0.15) is 11.8 Å². The van der Waals surface area contributed by atoms with E-state index >= 15 is 0 Å². The Morgan fingerprint density at radius 3 is 2.94 bits per heavy atom. The molecule has 0 radical (unpaired) electrons. The largest absolute Gasteiger partial charge is 0.362 e. The lowest BCUT2D eigenvalue weighted by molar-refractivity contribution is -0.146. The first-order chi connectivity index (χ1) is 7.99. The molecule has 3 amide bonds. The zero-order valence-electron chi connectivity index (χ0n) is 8.65. The molecule has 0 unspecified atom stereocenters. The molecule has 90 valence electrons. The Labute approximate surface area is 105 Å². The van der Waals surface area contributed by atoms with E-state index in [1.54, 1.807) is 0 Å². The van der Waals surface area contributed by atoms with Crippen molar-refractivity contribution in [3.63, 3.8) is 0 Å². The molecule has 1 aliphatic rings. The van der Waals surface area contributed by atoms with Crippen molar-refractivity contribution in [1.82, 2.24) is 5.48 Å². The van der Waals surface area contributed by atoms with Crippen molar-refractivity contribution in [1.29, 1.82) is 0 Å². The summed E-state index contributed by atoms with van der Waals surface area (Å²) in [6, 6.07) is 0.721. The number of anilines is 1. The molecular weight excluding hydrogens is 268 g/mol. The first kappa shape index (κ1) is 11.9. The quantitative estimate of drug-likeness (QED) is 0.727. The third-order valence-electron chi connectivity index (χ3n) is 2.04. The van der Waals surface area contributed by atoms with Crippen molar-refractivity contribution in [3.8, 4) is 0 Å². The molecule has 1 aliphatic heterocycles. The number of fused-ring (bicyclic) bond motifs is 1. The lowest BCUT2D eigenvalue weighted by Gasteiger charge is -2.14. The van der Waals surface area contributed by atoms with Crippen LogP contribution in [-0.4, -0.2) is 17.9 Å². The van der Waals surface area contributed by atoms with Gasteiger partial charge in [-0.3, -0.25) is 9.59 Å². The average Bonchev–Trinajstić information content (AvgIpc) is 2.69. The fourth-order valence-electron chi connectivity index (χ4n) is 1.44. The standard InChI is InChI=1S/C9H7ClN2O4S/c1-4(13)16-11-9(15)12-5-2-7(10)17-6(5)3-8(12)14/h2H,3H2,1H3,(H,11,15). The Kier molecular flexibility index (Phi) is 3.03. The van der Waals surface area contributed by atoms with Crippen LogP contribution in [0.25, 0.3) is 0 Å². The highest BCUT2D eigenvalue weighted by Crippen LogP contribution is 2.38. The molecule has 8 heteroatoms. The molecule has 0 aliphatic carbocycles. The van der Waals surface area contributed by atoms with Gasteiger partial charge in [0.2, 0.25) is 5.91 Å². The van der Waals surface area contributed by atoms with Gasteiger partial charge < -0.3 is 4.84 Å². The van der Waals surface area contributed by atoms with E-state index in [1.165, 1.54) is 17.4 Å². The highest BCUT2D eigenvalue weighted by atomic mass is 35.5. The number of thiophene rings is 1. The van der Waals surface area contributed by atoms with E-state index < -0.39 is 12.0 Å². The predicted octanol–water partition coefficient (Wildman–Crippen LogP) is 1.48. The van der Waals surface area contributed by atoms with Crippen LogP contribution in [0.5, 0.6) is 0 Å². The summed E-state index contributed by atoms with van der Waals surface area (Å²) in [5.74, 6) is -1.05. The number of rotatable bonds is 0. The third kappa shape index (κ3) is 2.25. The van der Waals surface area contributed by atoms with Crippen molar-refractivity contribution in [2.75, 3.05) is 4.90 Å². The average molecular weight is 275 g/mol. The minimum Gasteiger partial charge on any atom is -0.340 e. The van der Waals surface area contributed by atoms with E-state index in [2.05, 4.69) is 4.84 Å². The van der Waals surface area contributed by atoms with Gasteiger partial charge in [-0.05, 0) is 6.07 Å². The van der Waals surface area contributed by atoms with E-state index in [0.717, 1.165) is 16.7 Å². The first-order valence-electron chi connectivity index (χ1n) is 4.57. The van der Waals surface area contributed by atoms with E-state index in [0.29, 0.717) is 10.0 Å². The Morgan fingerprint density at radius 1 is 1.59 bits per heavy atom. The van der Waals surface area contributed by atoms with Gasteiger partial charge in [0.15, 0.2) is 0 Å². The summed E-state index contributed by atoms with van der Waals surface area (Å²) in [6.07, 6.45) is 0.125. The summed E-state index contributed by atoms with van der Waals surface area (Å²) < 4.78 is 0.493. The zero-order chi connectivity index (χ0) is 12.6. The highest BCUT2D eigenvalue weighted by Gasteiger charge is 2.34. The number of amides is 3. The van der Waals surface area contributed by atoms with Crippen LogP contribution < -0.4 is 10.4 Å². The molecule has 0 bridgehead atoms. The molecule has 0 saturated heterocycles. The van der Waals surface area contributed by atoms with Gasteiger partial charge in [0.1, 0.15) is 0 Å². The minimum atomic E-state index is -0.807. The Bertz CT molecular complexity index is 513. The summed E-state index contributed by atoms with van der Waals surface area (Å²) in [4.78, 5) is 39.7. The molecule has 17 heavy (non-hydrogen) atoms. The SMILES string of the molecule is CC(=O)ONC(=O)N1C(=O)Cc2sc(Cl)cc21. The number of carbonyl (C=O) groups is 3. The van der Waals surface area contributed by atoms with Crippen LogP contribution >= 0.6 is 22.9 Å². The number of imide groups is 1. The number of hydrogen-bond acceptors (Lipinski definition) is 5. The van der Waals surface area contributed by atoms with Gasteiger partial charge in [0, 0.05) is 11.8 Å². The Morgan fingerprint density at radius 2 is 2.29 bits per heavy atom. The number of carbonyl (C=O) groups excluding carboxylic acids is 3. The number of nitrogens with zero attached hydrogens (tertiary/aromatic N) is 1. The molecule has 0 fully saturated rings. The number of urea groups is 1. The summed E-state index contributed by atoms with van der Waals surface area (Å²) in [5.41, 5.74) is 2.32. The van der Waals surface area contributed by atoms with Crippen molar-refractivity contribution >= 4 is 46.5 Å². The van der Waals surface area contributed by atoms with Gasteiger partial charge in [-0.1, -0.05) is 11.6 Å². The lowest BCUT2D eigenvalue weighted by Crippen LogP contribution is -2.42. The van der Waals surface area contributed by atoms with Crippen LogP contribution in [0, 0.1) is 0 Å². The fourth-order valence-corrected chi connectivity index (χ4v) is 2.68. The smallest absolute Gasteiger partial charge is 0.340 e. The van der Waals surface area contributed by atoms with Crippen molar-refractivity contribution in [2.24, 2.45) is 0 Å². The van der Waals surface area contributed by atoms with E-state index in [1.807, 2.05) is 5.48 Å². The molecule has 6 nitrogen and oxygen atoms in total. The molecular formula is C9H7ClN2O4S. The van der Waals surface area contributed by atoms with Crippen LogP contribution in [0.2, 0.25) is 4.34 Å². The first-order valence-corrected chi connectivity index (χ1v) is 5.77. The molecule has 0 saturated carbocycles. The Hall–Kier alpha value is -1.60. The second-order valence-electron chi connectivity index (χ2n) is 3.27. The van der Waals surface area contributed by atoms with Gasteiger partial charge in [0.25, 0.3) is 0 Å². The minimum absolute atomic E-state index is 0.125. The fraction of sp³-hybridized carbons (Fsp3) is 0.222. The number of halogens is 1. The third-order valence-corrected chi connectivity index (χ3v) is 3.30. The van der Waals surface area contributed by atoms with Crippen molar-refractivity contribution < 1.29 is 19.2 Å². The van der Waals surface area contributed by atoms with Gasteiger partial charge in [-0.15, -0.1) is 11.3 Å². The van der Waals surface area contributed by atoms with Crippen LogP contribution in [0.4, 0.5) is 10.5 Å². The lowest BCUT2D eigenvalue weighted by atomic mass is 10.4. The number of hydrogen-bond donors (Lipinski definition) is 1. The summed E-state index contributed by atoms with van der Waals surface area (Å²) in [6.45, 7) is 1.14. The summed E-state index contributed by atoms with van der Waals surface area (Å²) in [7, 11) is 0. The monoisotopic (exact) mass is 274 g/mol. The maximum Gasteiger partial charge on any atom is 0.362 e. The van der Waals surface area contributed by atoms with Gasteiger partial charge in [-0.25, -0.2) is 9.69 Å². The molecule has 2 heterocycles. The maximum atomic E-state index is 11.6. The zero-order valence-corrected chi connectivity index (χ0v) is 10.2. The second kappa shape index (κ2) is 4.34. The molecule has 0 spiro atoms. The normalized spacial score (nSPS) is 13.5. The molecule has 1 aromatic heterocycles. The summed E-state index contributed by atoms with van der Waals surface area (Å²) >= 11 is 7.03. The molecule has 2 rings (SSSR count). The van der Waals surface area contributed by atoms with E-state index in [4.69, 9.17) is 11.6 Å². The van der Waals surface area contributed by atoms with E-state index in [9.17, 15) is 14.4 Å². The highest BCUT2D eigenvalue weighted by molar-refractivity contribution is 7.17. The Balaban J connectivity index is 2.17. The molecule has 1 aromatic rings. The summed E-state index contributed by atoms with van der Waals surface area (Å²) in [5, 5.41) is 0. The van der Waals surface area contributed by atoms with Crippen molar-refractivity contribution in [3.05, 3.63) is 15.3 Å². The van der Waals surface area contributed by atoms with Gasteiger partial charge >= 0.3 is 12.0 Å². The van der Waals surface area contributed by atoms with Crippen LogP contribution in [0.3, 0.4) is 0 Å². The second-order valence-corrected chi connectivity index (χ2v) is 5.03. The van der Waals surface area contributed by atoms with Crippen LogP contribution in [0.15, 0.2) is 6.07 Å².